The summed E-state index contributed by atoms with van der Waals surface area (Å²) in [4.78, 5) is 9.84. The first-order valence-electron chi connectivity index (χ1n) is 10.2. The standard InChI is InChI=1S/C23H26N4O2S2/c1-5-12-27-21-11-10-17(31(28,29)26(3)4)14-20(21)24-22(27)15-30-23-13-16(2)18-8-6-7-9-19(18)25-23/h6-11,13-14H,5,12,15H2,1-4H3. The molecule has 0 saturated carbocycles. The monoisotopic (exact) mass is 454 g/mol. The number of nitrogens with zero attached hydrogens (tertiary/aromatic N) is 4. The van der Waals surface area contributed by atoms with Crippen LogP contribution < -0.4 is 0 Å². The lowest BCUT2D eigenvalue weighted by molar-refractivity contribution is 0.521. The summed E-state index contributed by atoms with van der Waals surface area (Å²) in [5.74, 6) is 1.59. The van der Waals surface area contributed by atoms with Crippen molar-refractivity contribution in [2.75, 3.05) is 14.1 Å². The van der Waals surface area contributed by atoms with Crippen LogP contribution in [0.15, 0.2) is 58.5 Å². The van der Waals surface area contributed by atoms with Crippen molar-refractivity contribution in [1.82, 2.24) is 18.8 Å². The lowest BCUT2D eigenvalue weighted by atomic mass is 10.1. The van der Waals surface area contributed by atoms with Gasteiger partial charge in [-0.25, -0.2) is 22.7 Å². The zero-order chi connectivity index (χ0) is 22.2. The predicted molar refractivity (Wildman–Crippen MR) is 127 cm³/mol. The summed E-state index contributed by atoms with van der Waals surface area (Å²) in [7, 11) is -0.421. The largest absolute Gasteiger partial charge is 0.327 e. The second-order valence-electron chi connectivity index (χ2n) is 7.70. The van der Waals surface area contributed by atoms with Crippen LogP contribution in [0.25, 0.3) is 21.9 Å². The number of rotatable bonds is 7. The second-order valence-corrected chi connectivity index (χ2v) is 10.8. The molecule has 0 fully saturated rings. The number of thioether (sulfide) groups is 1. The Morgan fingerprint density at radius 1 is 1.03 bits per heavy atom. The third kappa shape index (κ3) is 4.20. The van der Waals surface area contributed by atoms with E-state index >= 15 is 0 Å². The number of pyridine rings is 1. The highest BCUT2D eigenvalue weighted by Gasteiger charge is 2.20. The number of sulfonamides is 1. The van der Waals surface area contributed by atoms with Crippen molar-refractivity contribution < 1.29 is 8.42 Å². The van der Waals surface area contributed by atoms with Crippen LogP contribution in [0.1, 0.15) is 24.7 Å². The molecule has 2 heterocycles. The average Bonchev–Trinajstić information content (AvgIpc) is 3.09. The Hall–Kier alpha value is -2.42. The lowest BCUT2D eigenvalue weighted by Gasteiger charge is -2.11. The van der Waals surface area contributed by atoms with Gasteiger partial charge >= 0.3 is 0 Å². The van der Waals surface area contributed by atoms with Gasteiger partial charge in [0, 0.05) is 26.0 Å². The highest BCUT2D eigenvalue weighted by atomic mass is 32.2. The van der Waals surface area contributed by atoms with Crippen molar-refractivity contribution in [2.45, 2.75) is 42.5 Å². The van der Waals surface area contributed by atoms with Crippen LogP contribution in [0, 0.1) is 6.92 Å². The fourth-order valence-corrected chi connectivity index (χ4v) is 5.49. The van der Waals surface area contributed by atoms with Gasteiger partial charge in [-0.3, -0.25) is 0 Å². The molecule has 0 N–H and O–H groups in total. The zero-order valence-corrected chi connectivity index (χ0v) is 19.8. The number of imidazole rings is 1. The van der Waals surface area contributed by atoms with Gasteiger partial charge in [-0.15, -0.1) is 0 Å². The molecule has 4 aromatic rings. The molecule has 2 aromatic carbocycles. The van der Waals surface area contributed by atoms with Crippen molar-refractivity contribution >= 4 is 43.7 Å². The van der Waals surface area contributed by atoms with Gasteiger partial charge in [0.05, 0.1) is 32.2 Å². The van der Waals surface area contributed by atoms with Crippen LogP contribution in [0.2, 0.25) is 0 Å². The summed E-state index contributed by atoms with van der Waals surface area (Å²) in [5, 5.41) is 2.13. The van der Waals surface area contributed by atoms with E-state index in [0.717, 1.165) is 34.8 Å². The zero-order valence-electron chi connectivity index (χ0n) is 18.2. The van der Waals surface area contributed by atoms with Crippen LogP contribution >= 0.6 is 11.8 Å². The molecule has 0 aliphatic carbocycles. The third-order valence-electron chi connectivity index (χ3n) is 5.27. The maximum atomic E-state index is 12.5. The first-order valence-corrected chi connectivity index (χ1v) is 12.6. The summed E-state index contributed by atoms with van der Waals surface area (Å²) in [5.41, 5.74) is 3.85. The van der Waals surface area contributed by atoms with Gasteiger partial charge in [0.15, 0.2) is 0 Å². The molecule has 0 aliphatic heterocycles. The van der Waals surface area contributed by atoms with E-state index in [-0.39, 0.29) is 4.90 Å². The van der Waals surface area contributed by atoms with Crippen molar-refractivity contribution in [3.63, 3.8) is 0 Å². The number of fused-ring (bicyclic) bond motifs is 2. The van der Waals surface area contributed by atoms with E-state index in [1.165, 1.54) is 29.4 Å². The number of aryl methyl sites for hydroxylation is 2. The van der Waals surface area contributed by atoms with Crippen molar-refractivity contribution in [2.24, 2.45) is 0 Å². The minimum atomic E-state index is -3.50. The maximum absolute atomic E-state index is 12.5. The third-order valence-corrected chi connectivity index (χ3v) is 7.99. The molecule has 0 radical (unpaired) electrons. The van der Waals surface area contributed by atoms with Gasteiger partial charge < -0.3 is 4.57 Å². The van der Waals surface area contributed by atoms with E-state index in [2.05, 4.69) is 30.5 Å². The Bertz CT molecular complexity index is 1360. The molecule has 162 valence electrons. The number of para-hydroxylation sites is 1. The fraction of sp³-hybridized carbons (Fsp3) is 0.304. The molecule has 0 atom stereocenters. The summed E-state index contributed by atoms with van der Waals surface area (Å²) in [6.07, 6.45) is 0.966. The van der Waals surface area contributed by atoms with Gasteiger partial charge in [0.1, 0.15) is 5.82 Å². The Morgan fingerprint density at radius 3 is 2.55 bits per heavy atom. The van der Waals surface area contributed by atoms with Crippen molar-refractivity contribution in [3.05, 3.63) is 59.9 Å². The van der Waals surface area contributed by atoms with Crippen molar-refractivity contribution in [1.29, 1.82) is 0 Å². The lowest BCUT2D eigenvalue weighted by Crippen LogP contribution is -2.22. The molecule has 0 spiro atoms. The molecule has 0 aliphatic rings. The molecule has 0 amide bonds. The molecule has 2 aromatic heterocycles. The van der Waals surface area contributed by atoms with E-state index in [1.54, 1.807) is 23.9 Å². The number of aromatic nitrogens is 3. The van der Waals surface area contributed by atoms with Crippen LogP contribution in [-0.2, 0) is 22.3 Å². The van der Waals surface area contributed by atoms with Gasteiger partial charge in [-0.1, -0.05) is 36.9 Å². The minimum Gasteiger partial charge on any atom is -0.327 e. The van der Waals surface area contributed by atoms with Gasteiger partial charge in [0.25, 0.3) is 0 Å². The average molecular weight is 455 g/mol. The molecule has 4 rings (SSSR count). The Labute approximate surface area is 187 Å². The van der Waals surface area contributed by atoms with Gasteiger partial charge in [0.2, 0.25) is 10.0 Å². The van der Waals surface area contributed by atoms with Crippen LogP contribution in [0.4, 0.5) is 0 Å². The maximum Gasteiger partial charge on any atom is 0.242 e. The molecule has 0 unspecified atom stereocenters. The second kappa shape index (κ2) is 8.61. The van der Waals surface area contributed by atoms with Crippen molar-refractivity contribution in [3.8, 4) is 0 Å². The summed E-state index contributed by atoms with van der Waals surface area (Å²) < 4.78 is 28.5. The highest BCUT2D eigenvalue weighted by molar-refractivity contribution is 7.98. The predicted octanol–water partition coefficient (Wildman–Crippen LogP) is 4.85. The molecular formula is C23H26N4O2S2. The first kappa shape index (κ1) is 21.8. The topological polar surface area (TPSA) is 68.1 Å². The number of benzene rings is 2. The van der Waals surface area contributed by atoms with E-state index in [0.29, 0.717) is 11.3 Å². The summed E-state index contributed by atoms with van der Waals surface area (Å²) >= 11 is 1.65. The minimum absolute atomic E-state index is 0.261. The highest BCUT2D eigenvalue weighted by Crippen LogP contribution is 2.28. The smallest absolute Gasteiger partial charge is 0.242 e. The van der Waals surface area contributed by atoms with Crippen LogP contribution in [0.3, 0.4) is 0 Å². The first-order chi connectivity index (χ1) is 14.8. The van der Waals surface area contributed by atoms with E-state index in [9.17, 15) is 8.42 Å². The Kier molecular flexibility index (Phi) is 6.05. The number of hydrogen-bond donors (Lipinski definition) is 0. The molecular weight excluding hydrogens is 428 g/mol. The summed E-state index contributed by atoms with van der Waals surface area (Å²) in [6, 6.07) is 15.5. The molecule has 31 heavy (non-hydrogen) atoms. The SMILES string of the molecule is CCCn1c(CSc2cc(C)c3ccccc3n2)nc2cc(S(=O)(=O)N(C)C)ccc21. The Morgan fingerprint density at radius 2 is 1.81 bits per heavy atom. The molecule has 0 saturated heterocycles. The molecule has 8 heteroatoms. The Balaban J connectivity index is 1.69. The number of hydrogen-bond acceptors (Lipinski definition) is 5. The van der Waals surface area contributed by atoms with Crippen LogP contribution in [0.5, 0.6) is 0 Å². The van der Waals surface area contributed by atoms with Crippen LogP contribution in [-0.4, -0.2) is 41.4 Å². The van der Waals surface area contributed by atoms with E-state index in [1.807, 2.05) is 24.3 Å². The molecule has 6 nitrogen and oxygen atoms in total. The van der Waals surface area contributed by atoms with Gasteiger partial charge in [-0.2, -0.15) is 0 Å². The fourth-order valence-electron chi connectivity index (χ4n) is 3.65. The van der Waals surface area contributed by atoms with E-state index < -0.39 is 10.0 Å². The van der Waals surface area contributed by atoms with Gasteiger partial charge in [-0.05, 0) is 49.2 Å². The summed E-state index contributed by atoms with van der Waals surface area (Å²) in [6.45, 7) is 5.06. The quantitative estimate of drug-likeness (QED) is 0.374. The normalized spacial score (nSPS) is 12.3. The molecule has 0 bridgehead atoms. The van der Waals surface area contributed by atoms with E-state index in [4.69, 9.17) is 9.97 Å².